The summed E-state index contributed by atoms with van der Waals surface area (Å²) in [5.74, 6) is -0.836. The van der Waals surface area contributed by atoms with Crippen molar-refractivity contribution in [2.24, 2.45) is 5.92 Å². The summed E-state index contributed by atoms with van der Waals surface area (Å²) in [6.07, 6.45) is 1.82. The molecule has 0 aliphatic carbocycles. The van der Waals surface area contributed by atoms with E-state index in [1.54, 1.807) is 0 Å². The van der Waals surface area contributed by atoms with Crippen molar-refractivity contribution in [1.82, 2.24) is 5.32 Å². The van der Waals surface area contributed by atoms with Gasteiger partial charge >= 0.3 is 11.9 Å². The molecule has 5 nitrogen and oxygen atoms in total. The Morgan fingerprint density at radius 2 is 2.21 bits per heavy atom. The van der Waals surface area contributed by atoms with Gasteiger partial charge in [0, 0.05) is 13.5 Å². The number of hydrogen-bond donors (Lipinski definition) is 1. The van der Waals surface area contributed by atoms with Crippen molar-refractivity contribution in [1.29, 1.82) is 0 Å². The van der Waals surface area contributed by atoms with Gasteiger partial charge in [0.05, 0.1) is 5.92 Å². The van der Waals surface area contributed by atoms with Gasteiger partial charge in [-0.3, -0.25) is 9.59 Å². The Labute approximate surface area is 82.8 Å². The molecule has 1 atom stereocenters. The summed E-state index contributed by atoms with van der Waals surface area (Å²) in [6.45, 7) is 2.60. The molecule has 5 heteroatoms. The smallest absolute Gasteiger partial charge is 0.313 e. The molecule has 0 saturated carbocycles. The summed E-state index contributed by atoms with van der Waals surface area (Å²) in [6, 6.07) is 0. The molecule has 1 unspecified atom stereocenters. The topological polar surface area (TPSA) is 64.6 Å². The fraction of sp³-hybridized carbons (Fsp3) is 0.778. The van der Waals surface area contributed by atoms with Crippen LogP contribution < -0.4 is 5.32 Å². The Hall–Kier alpha value is -1.10. The molecule has 1 N–H and O–H groups in total. The summed E-state index contributed by atoms with van der Waals surface area (Å²) in [5, 5.41) is 3.11. The lowest BCUT2D eigenvalue weighted by atomic mass is 10.0. The minimum atomic E-state index is -0.445. The summed E-state index contributed by atoms with van der Waals surface area (Å²) < 4.78 is 9.27. The molecule has 0 spiro atoms. The van der Waals surface area contributed by atoms with E-state index >= 15 is 0 Å². The van der Waals surface area contributed by atoms with Crippen molar-refractivity contribution in [3.05, 3.63) is 0 Å². The first-order valence-corrected chi connectivity index (χ1v) is 4.71. The standard InChI is InChI=1S/C9H15NO4/c1-7(11)13-6-14-9(12)8-3-2-4-10-5-8/h8,10H,2-6H2,1H3. The van der Waals surface area contributed by atoms with Gasteiger partial charge < -0.3 is 14.8 Å². The summed E-state index contributed by atoms with van der Waals surface area (Å²) >= 11 is 0. The van der Waals surface area contributed by atoms with Crippen molar-refractivity contribution in [2.75, 3.05) is 19.9 Å². The van der Waals surface area contributed by atoms with Crippen molar-refractivity contribution in [2.45, 2.75) is 19.8 Å². The monoisotopic (exact) mass is 201 g/mol. The molecule has 1 heterocycles. The maximum atomic E-state index is 11.3. The first kappa shape index (κ1) is 11.0. The molecule has 1 fully saturated rings. The van der Waals surface area contributed by atoms with E-state index in [0.29, 0.717) is 6.54 Å². The molecule has 0 aromatic heterocycles. The zero-order valence-corrected chi connectivity index (χ0v) is 8.25. The molecule has 0 amide bonds. The van der Waals surface area contributed by atoms with Crippen LogP contribution in [0.4, 0.5) is 0 Å². The summed E-state index contributed by atoms with van der Waals surface area (Å²) in [4.78, 5) is 21.7. The van der Waals surface area contributed by atoms with E-state index in [1.807, 2.05) is 0 Å². The van der Waals surface area contributed by atoms with Crippen molar-refractivity contribution in [3.8, 4) is 0 Å². The zero-order valence-electron chi connectivity index (χ0n) is 8.25. The third kappa shape index (κ3) is 3.74. The average Bonchev–Trinajstić information content (AvgIpc) is 2.18. The van der Waals surface area contributed by atoms with Crippen LogP contribution in [-0.2, 0) is 19.1 Å². The van der Waals surface area contributed by atoms with Gasteiger partial charge in [-0.15, -0.1) is 0 Å². The number of ether oxygens (including phenoxy) is 2. The highest BCUT2D eigenvalue weighted by Gasteiger charge is 2.22. The number of rotatable bonds is 3. The minimum absolute atomic E-state index is 0.0979. The highest BCUT2D eigenvalue weighted by atomic mass is 16.7. The van der Waals surface area contributed by atoms with E-state index in [0.717, 1.165) is 19.4 Å². The Bertz CT molecular complexity index is 211. The number of carbonyl (C=O) groups is 2. The molecule has 0 bridgehead atoms. The predicted molar refractivity (Wildman–Crippen MR) is 48.3 cm³/mol. The molecule has 1 saturated heterocycles. The van der Waals surface area contributed by atoms with Crippen molar-refractivity contribution >= 4 is 11.9 Å². The first-order valence-electron chi connectivity index (χ1n) is 4.71. The normalized spacial score (nSPS) is 21.4. The maximum absolute atomic E-state index is 11.3. The minimum Gasteiger partial charge on any atom is -0.428 e. The van der Waals surface area contributed by atoms with Gasteiger partial charge in [-0.25, -0.2) is 0 Å². The van der Waals surface area contributed by atoms with Gasteiger partial charge in [-0.05, 0) is 19.4 Å². The maximum Gasteiger partial charge on any atom is 0.313 e. The molecule has 0 radical (unpaired) electrons. The van der Waals surface area contributed by atoms with E-state index in [1.165, 1.54) is 6.92 Å². The van der Waals surface area contributed by atoms with E-state index in [2.05, 4.69) is 10.1 Å². The predicted octanol–water partition coefficient (Wildman–Crippen LogP) is 0.0498. The van der Waals surface area contributed by atoms with Crippen LogP contribution in [0.15, 0.2) is 0 Å². The van der Waals surface area contributed by atoms with Crippen LogP contribution in [0.3, 0.4) is 0 Å². The number of esters is 2. The molecule has 1 rings (SSSR count). The lowest BCUT2D eigenvalue weighted by Crippen LogP contribution is -2.35. The summed E-state index contributed by atoms with van der Waals surface area (Å²) in [7, 11) is 0. The van der Waals surface area contributed by atoms with Gasteiger partial charge in [0.2, 0.25) is 6.79 Å². The molecular formula is C9H15NO4. The van der Waals surface area contributed by atoms with Crippen molar-refractivity contribution < 1.29 is 19.1 Å². The van der Waals surface area contributed by atoms with Crippen molar-refractivity contribution in [3.63, 3.8) is 0 Å². The van der Waals surface area contributed by atoms with Crippen LogP contribution in [-0.4, -0.2) is 31.8 Å². The van der Waals surface area contributed by atoms with Gasteiger partial charge in [-0.1, -0.05) is 0 Å². The Morgan fingerprint density at radius 1 is 1.43 bits per heavy atom. The van der Waals surface area contributed by atoms with Crippen LogP contribution >= 0.6 is 0 Å². The Kier molecular flexibility index (Phi) is 4.39. The number of carbonyl (C=O) groups excluding carboxylic acids is 2. The van der Waals surface area contributed by atoms with Crippen LogP contribution in [0.1, 0.15) is 19.8 Å². The van der Waals surface area contributed by atoms with E-state index in [9.17, 15) is 9.59 Å². The van der Waals surface area contributed by atoms with Crippen LogP contribution in [0.5, 0.6) is 0 Å². The molecule has 80 valence electrons. The third-order valence-corrected chi connectivity index (χ3v) is 2.09. The van der Waals surface area contributed by atoms with E-state index in [-0.39, 0.29) is 18.7 Å². The van der Waals surface area contributed by atoms with E-state index < -0.39 is 5.97 Å². The third-order valence-electron chi connectivity index (χ3n) is 2.09. The van der Waals surface area contributed by atoms with Gasteiger partial charge in [-0.2, -0.15) is 0 Å². The van der Waals surface area contributed by atoms with Crippen LogP contribution in [0, 0.1) is 5.92 Å². The summed E-state index contributed by atoms with van der Waals surface area (Å²) in [5.41, 5.74) is 0. The largest absolute Gasteiger partial charge is 0.428 e. The van der Waals surface area contributed by atoms with Gasteiger partial charge in [0.25, 0.3) is 0 Å². The fourth-order valence-corrected chi connectivity index (χ4v) is 1.34. The second-order valence-electron chi connectivity index (χ2n) is 3.26. The molecule has 1 aliphatic heterocycles. The highest BCUT2D eigenvalue weighted by Crippen LogP contribution is 2.11. The first-order chi connectivity index (χ1) is 6.70. The fourth-order valence-electron chi connectivity index (χ4n) is 1.34. The number of hydrogen-bond acceptors (Lipinski definition) is 5. The lowest BCUT2D eigenvalue weighted by Gasteiger charge is -2.20. The lowest BCUT2D eigenvalue weighted by molar-refractivity contribution is -0.169. The molecule has 14 heavy (non-hydrogen) atoms. The second kappa shape index (κ2) is 5.59. The highest BCUT2D eigenvalue weighted by molar-refractivity contribution is 5.73. The SMILES string of the molecule is CC(=O)OCOC(=O)C1CCCNC1. The number of piperidine rings is 1. The average molecular weight is 201 g/mol. The van der Waals surface area contributed by atoms with Crippen LogP contribution in [0.2, 0.25) is 0 Å². The molecule has 1 aliphatic rings. The second-order valence-corrected chi connectivity index (χ2v) is 3.26. The molecule has 0 aromatic rings. The van der Waals surface area contributed by atoms with Crippen LogP contribution in [0.25, 0.3) is 0 Å². The van der Waals surface area contributed by atoms with Gasteiger partial charge in [0.15, 0.2) is 0 Å². The zero-order chi connectivity index (χ0) is 10.4. The molecule has 0 aromatic carbocycles. The Balaban J connectivity index is 2.16. The number of nitrogens with one attached hydrogen (secondary N) is 1. The van der Waals surface area contributed by atoms with Gasteiger partial charge in [0.1, 0.15) is 0 Å². The quantitative estimate of drug-likeness (QED) is 0.516. The molecular weight excluding hydrogens is 186 g/mol. The Morgan fingerprint density at radius 3 is 2.79 bits per heavy atom. The van der Waals surface area contributed by atoms with E-state index in [4.69, 9.17) is 4.74 Å².